The first-order chi connectivity index (χ1) is 19.2. The first-order valence-electron chi connectivity index (χ1n) is 13.2. The van der Waals surface area contributed by atoms with Crippen molar-refractivity contribution in [2.24, 2.45) is 0 Å². The van der Waals surface area contributed by atoms with E-state index in [-0.39, 0.29) is 23.8 Å². The minimum Gasteiger partial charge on any atom is -0.369 e. The molecule has 0 radical (unpaired) electrons. The Morgan fingerprint density at radius 2 is 2.02 bits per heavy atom. The maximum Gasteiger partial charge on any atom is 0.234 e. The van der Waals surface area contributed by atoms with Gasteiger partial charge in [0.1, 0.15) is 11.5 Å². The zero-order chi connectivity index (χ0) is 28.3. The summed E-state index contributed by atoms with van der Waals surface area (Å²) in [6, 6.07) is 14.5. The summed E-state index contributed by atoms with van der Waals surface area (Å²) >= 11 is 0. The fraction of sp³-hybridized carbons (Fsp3) is 0.357. The van der Waals surface area contributed by atoms with E-state index >= 15 is 4.39 Å². The van der Waals surface area contributed by atoms with E-state index in [1.807, 2.05) is 35.0 Å². The fourth-order valence-corrected chi connectivity index (χ4v) is 6.13. The standard InChI is InChI=1S/C28H33F2N7O2S/c1-20-18-36(14-12-31-20)23-8-9-25(24(30)16-23)33-28-32-17-21-10-13-37(27(21)34-28)19-22-6-3-4-7-26(22)35(2)40(38,39)15-5-11-29/h3-4,6-10,13,16-17,20,31H,5,11-12,14-15,18-19H2,1-2H3,(H,32,33,34). The molecule has 1 unspecified atom stereocenters. The Bertz CT molecular complexity index is 1590. The summed E-state index contributed by atoms with van der Waals surface area (Å²) in [5.41, 5.74) is 2.98. The highest BCUT2D eigenvalue weighted by Crippen LogP contribution is 2.27. The van der Waals surface area contributed by atoms with Crippen molar-refractivity contribution in [1.82, 2.24) is 19.9 Å². The molecule has 3 heterocycles. The molecule has 1 fully saturated rings. The lowest BCUT2D eigenvalue weighted by Gasteiger charge is -2.33. The summed E-state index contributed by atoms with van der Waals surface area (Å²) in [7, 11) is -2.19. The van der Waals surface area contributed by atoms with Crippen LogP contribution in [0.2, 0.25) is 0 Å². The van der Waals surface area contributed by atoms with Crippen molar-refractivity contribution >= 4 is 44.1 Å². The van der Waals surface area contributed by atoms with Gasteiger partial charge in [-0.25, -0.2) is 17.8 Å². The second-order valence-corrected chi connectivity index (χ2v) is 12.1. The molecule has 1 saturated heterocycles. The van der Waals surface area contributed by atoms with Gasteiger partial charge in [0.05, 0.1) is 30.3 Å². The molecule has 1 aliphatic heterocycles. The Morgan fingerprint density at radius 1 is 1.20 bits per heavy atom. The number of anilines is 4. The average Bonchev–Trinajstić information content (AvgIpc) is 3.34. The molecule has 1 atom stereocenters. The Hall–Kier alpha value is -3.77. The third-order valence-electron chi connectivity index (χ3n) is 7.06. The molecule has 9 nitrogen and oxygen atoms in total. The van der Waals surface area contributed by atoms with Gasteiger partial charge in [0.25, 0.3) is 0 Å². The maximum atomic E-state index is 15.1. The number of nitrogens with zero attached hydrogens (tertiary/aromatic N) is 5. The van der Waals surface area contributed by atoms with Crippen LogP contribution < -0.4 is 19.8 Å². The van der Waals surface area contributed by atoms with Crippen LogP contribution in [0, 0.1) is 5.82 Å². The number of hydrogen-bond donors (Lipinski definition) is 2. The summed E-state index contributed by atoms with van der Waals surface area (Å²) in [4.78, 5) is 11.1. The highest BCUT2D eigenvalue weighted by molar-refractivity contribution is 7.92. The average molecular weight is 570 g/mol. The molecule has 5 rings (SSSR count). The van der Waals surface area contributed by atoms with Crippen molar-refractivity contribution in [2.75, 3.05) is 53.6 Å². The summed E-state index contributed by atoms with van der Waals surface area (Å²) in [5.74, 6) is -0.419. The zero-order valence-electron chi connectivity index (χ0n) is 22.5. The highest BCUT2D eigenvalue weighted by atomic mass is 32.2. The molecule has 0 bridgehead atoms. The van der Waals surface area contributed by atoms with Crippen LogP contribution in [-0.4, -0.2) is 68.1 Å². The second-order valence-electron chi connectivity index (χ2n) is 9.96. The van der Waals surface area contributed by atoms with Gasteiger partial charge in [-0.1, -0.05) is 18.2 Å². The van der Waals surface area contributed by atoms with Gasteiger partial charge in [-0.15, -0.1) is 0 Å². The Morgan fingerprint density at radius 3 is 2.80 bits per heavy atom. The van der Waals surface area contributed by atoms with Gasteiger partial charge < -0.3 is 20.1 Å². The van der Waals surface area contributed by atoms with Gasteiger partial charge in [0.15, 0.2) is 0 Å². The smallest absolute Gasteiger partial charge is 0.234 e. The molecular formula is C28H33F2N7O2S. The number of halogens is 2. The largest absolute Gasteiger partial charge is 0.369 e. The van der Waals surface area contributed by atoms with Crippen molar-refractivity contribution in [3.63, 3.8) is 0 Å². The van der Waals surface area contributed by atoms with E-state index in [0.29, 0.717) is 23.9 Å². The highest BCUT2D eigenvalue weighted by Gasteiger charge is 2.21. The molecule has 2 aromatic heterocycles. The lowest BCUT2D eigenvalue weighted by atomic mass is 10.2. The van der Waals surface area contributed by atoms with Crippen LogP contribution in [0.4, 0.5) is 31.8 Å². The summed E-state index contributed by atoms with van der Waals surface area (Å²) in [5, 5.41) is 7.17. The molecule has 2 N–H and O–H groups in total. The molecule has 212 valence electrons. The van der Waals surface area contributed by atoms with E-state index in [4.69, 9.17) is 0 Å². The number of aromatic nitrogens is 3. The van der Waals surface area contributed by atoms with E-state index in [1.54, 1.807) is 24.4 Å². The third kappa shape index (κ3) is 6.02. The number of piperazine rings is 1. The first kappa shape index (κ1) is 27.8. The van der Waals surface area contributed by atoms with Crippen molar-refractivity contribution in [1.29, 1.82) is 0 Å². The molecule has 40 heavy (non-hydrogen) atoms. The normalized spacial score (nSPS) is 15.9. The molecular weight excluding hydrogens is 536 g/mol. The number of benzene rings is 2. The number of rotatable bonds is 10. The Labute approximate surface area is 232 Å². The van der Waals surface area contributed by atoms with Crippen LogP contribution in [0.25, 0.3) is 11.0 Å². The van der Waals surface area contributed by atoms with Crippen LogP contribution in [0.15, 0.2) is 60.9 Å². The molecule has 2 aromatic carbocycles. The maximum absolute atomic E-state index is 15.1. The minimum atomic E-state index is -3.67. The van der Waals surface area contributed by atoms with Gasteiger partial charge in [0.2, 0.25) is 16.0 Å². The third-order valence-corrected chi connectivity index (χ3v) is 8.90. The topological polar surface area (TPSA) is 95.4 Å². The van der Waals surface area contributed by atoms with Gasteiger partial charge in [0, 0.05) is 56.2 Å². The van der Waals surface area contributed by atoms with E-state index in [9.17, 15) is 12.8 Å². The molecule has 0 amide bonds. The van der Waals surface area contributed by atoms with Crippen LogP contribution in [0.5, 0.6) is 0 Å². The van der Waals surface area contributed by atoms with E-state index < -0.39 is 22.5 Å². The van der Waals surface area contributed by atoms with E-state index in [1.165, 1.54) is 17.4 Å². The van der Waals surface area contributed by atoms with E-state index in [2.05, 4.69) is 32.4 Å². The lowest BCUT2D eigenvalue weighted by molar-refractivity contribution is 0.484. The number of sulfonamides is 1. The van der Waals surface area contributed by atoms with E-state index in [0.717, 1.165) is 36.3 Å². The Kier molecular flexibility index (Phi) is 8.17. The zero-order valence-corrected chi connectivity index (χ0v) is 23.3. The predicted molar refractivity (Wildman–Crippen MR) is 155 cm³/mol. The van der Waals surface area contributed by atoms with Crippen molar-refractivity contribution in [3.05, 3.63) is 72.3 Å². The van der Waals surface area contributed by atoms with Gasteiger partial charge in [-0.05, 0) is 49.2 Å². The monoisotopic (exact) mass is 569 g/mol. The first-order valence-corrected chi connectivity index (χ1v) is 14.8. The quantitative estimate of drug-likeness (QED) is 0.294. The number of nitrogens with one attached hydrogen (secondary N) is 2. The molecule has 12 heteroatoms. The lowest BCUT2D eigenvalue weighted by Crippen LogP contribution is -2.49. The van der Waals surface area contributed by atoms with Crippen molar-refractivity contribution in [2.45, 2.75) is 25.9 Å². The van der Waals surface area contributed by atoms with Crippen LogP contribution in [0.1, 0.15) is 18.9 Å². The van der Waals surface area contributed by atoms with Crippen molar-refractivity contribution < 1.29 is 17.2 Å². The molecule has 0 spiro atoms. The number of hydrogen-bond acceptors (Lipinski definition) is 7. The molecule has 0 saturated carbocycles. The van der Waals surface area contributed by atoms with Crippen LogP contribution >= 0.6 is 0 Å². The Balaban J connectivity index is 1.37. The molecule has 0 aliphatic carbocycles. The van der Waals surface area contributed by atoms with Crippen molar-refractivity contribution in [3.8, 4) is 0 Å². The fourth-order valence-electron chi connectivity index (χ4n) is 4.91. The van der Waals surface area contributed by atoms with Crippen LogP contribution in [0.3, 0.4) is 0 Å². The molecule has 4 aromatic rings. The summed E-state index contributed by atoms with van der Waals surface area (Å²) in [6.45, 7) is 4.23. The van der Waals surface area contributed by atoms with Gasteiger partial charge in [-0.2, -0.15) is 4.98 Å². The van der Waals surface area contributed by atoms with Crippen LogP contribution in [-0.2, 0) is 16.6 Å². The summed E-state index contributed by atoms with van der Waals surface area (Å²) < 4.78 is 56.2. The predicted octanol–water partition coefficient (Wildman–Crippen LogP) is 4.29. The number of alkyl halides is 1. The number of para-hydroxylation sites is 1. The minimum absolute atomic E-state index is 0.0535. The summed E-state index contributed by atoms with van der Waals surface area (Å²) in [6.07, 6.45) is 3.46. The van der Waals surface area contributed by atoms with Gasteiger partial charge in [-0.3, -0.25) is 8.70 Å². The number of fused-ring (bicyclic) bond motifs is 1. The SMILES string of the molecule is CC1CN(c2ccc(Nc3ncc4ccn(Cc5ccccc5N(C)S(=O)(=O)CCCF)c4n3)c(F)c2)CCN1. The van der Waals surface area contributed by atoms with Gasteiger partial charge >= 0.3 is 0 Å². The second kappa shape index (κ2) is 11.8. The molecule has 1 aliphatic rings.